The Labute approximate surface area is 152 Å². The number of nitrogens with one attached hydrogen (secondary N) is 1. The van der Waals surface area contributed by atoms with E-state index in [-0.39, 0.29) is 11.7 Å². The first kappa shape index (κ1) is 16.8. The summed E-state index contributed by atoms with van der Waals surface area (Å²) in [6, 6.07) is 8.71. The lowest BCUT2D eigenvalue weighted by atomic mass is 10.00. The van der Waals surface area contributed by atoms with Crippen molar-refractivity contribution >= 4 is 16.8 Å². The molecule has 1 unspecified atom stereocenters. The van der Waals surface area contributed by atoms with Gasteiger partial charge in [0.05, 0.1) is 6.42 Å². The maximum Gasteiger partial charge on any atom is 0.227 e. The zero-order valence-corrected chi connectivity index (χ0v) is 14.8. The highest BCUT2D eigenvalue weighted by molar-refractivity contribution is 5.90. The quantitative estimate of drug-likeness (QED) is 0.780. The molecule has 0 bridgehead atoms. The second kappa shape index (κ2) is 6.90. The maximum atomic E-state index is 13.6. The summed E-state index contributed by atoms with van der Waals surface area (Å²) in [5.41, 5.74) is 3.93. The van der Waals surface area contributed by atoms with E-state index in [4.69, 9.17) is 0 Å². The summed E-state index contributed by atoms with van der Waals surface area (Å²) < 4.78 is 13.6. The molecule has 0 saturated carbocycles. The fraction of sp³-hybridized carbons (Fsp3) is 0.333. The Hall–Kier alpha value is -2.69. The number of carbonyl (C=O) groups excluding carboxylic acids is 1. The fourth-order valence-electron chi connectivity index (χ4n) is 3.92. The zero-order valence-electron chi connectivity index (χ0n) is 14.8. The molecule has 0 aliphatic carbocycles. The Morgan fingerprint density at radius 3 is 3.08 bits per heavy atom. The molecular weight excluding hydrogens is 329 g/mol. The highest BCUT2D eigenvalue weighted by atomic mass is 19.1. The molecule has 1 amide bonds. The molecule has 1 N–H and O–H groups in total. The third-order valence-corrected chi connectivity index (χ3v) is 5.30. The number of rotatable bonds is 4. The smallest absolute Gasteiger partial charge is 0.227 e. The van der Waals surface area contributed by atoms with E-state index in [1.807, 2.05) is 24.1 Å². The van der Waals surface area contributed by atoms with E-state index in [0.717, 1.165) is 48.1 Å². The average molecular weight is 351 g/mol. The summed E-state index contributed by atoms with van der Waals surface area (Å²) >= 11 is 0. The molecule has 5 heteroatoms. The molecule has 3 aromatic rings. The second-order valence-corrected chi connectivity index (χ2v) is 7.16. The lowest BCUT2D eigenvalue weighted by molar-refractivity contribution is -0.129. The summed E-state index contributed by atoms with van der Waals surface area (Å²) in [5, 5.41) is 0.807. The first-order valence-electron chi connectivity index (χ1n) is 9.03. The lowest BCUT2D eigenvalue weighted by Gasteiger charge is -2.17. The molecule has 1 fully saturated rings. The van der Waals surface area contributed by atoms with Crippen molar-refractivity contribution in [2.24, 2.45) is 5.92 Å². The van der Waals surface area contributed by atoms with Gasteiger partial charge in [-0.1, -0.05) is 6.07 Å². The molecule has 0 radical (unpaired) electrons. The van der Waals surface area contributed by atoms with Crippen LogP contribution in [-0.2, 0) is 17.6 Å². The maximum absolute atomic E-state index is 13.6. The summed E-state index contributed by atoms with van der Waals surface area (Å²) in [7, 11) is 0. The van der Waals surface area contributed by atoms with Gasteiger partial charge in [-0.3, -0.25) is 9.78 Å². The summed E-state index contributed by atoms with van der Waals surface area (Å²) in [6.45, 7) is 3.51. The van der Waals surface area contributed by atoms with E-state index >= 15 is 0 Å². The standard InChI is InChI=1S/C21H22FN3O/c1-14-18(19-10-17(22)4-5-20(19)24-14)11-21(26)25-8-6-16(13-25)9-15-3-2-7-23-12-15/h2-5,7,10,12,16,24H,6,8-9,11,13H2,1H3. The van der Waals surface area contributed by atoms with Gasteiger partial charge in [-0.25, -0.2) is 4.39 Å². The van der Waals surface area contributed by atoms with E-state index in [1.165, 1.54) is 17.7 Å². The van der Waals surface area contributed by atoms with Gasteiger partial charge in [0.15, 0.2) is 0 Å². The number of hydrogen-bond acceptors (Lipinski definition) is 2. The third kappa shape index (κ3) is 3.34. The number of amides is 1. The summed E-state index contributed by atoms with van der Waals surface area (Å²) in [4.78, 5) is 22.1. The van der Waals surface area contributed by atoms with Crippen LogP contribution in [0.1, 0.15) is 23.2 Å². The largest absolute Gasteiger partial charge is 0.358 e. The van der Waals surface area contributed by atoms with Gasteiger partial charge in [-0.05, 0) is 61.1 Å². The van der Waals surface area contributed by atoms with Crippen LogP contribution in [0.4, 0.5) is 4.39 Å². The summed E-state index contributed by atoms with van der Waals surface area (Å²) in [6.07, 6.45) is 5.96. The van der Waals surface area contributed by atoms with Crippen LogP contribution in [0.2, 0.25) is 0 Å². The van der Waals surface area contributed by atoms with Gasteiger partial charge in [0.1, 0.15) is 5.82 Å². The first-order chi connectivity index (χ1) is 12.6. The molecule has 4 rings (SSSR count). The van der Waals surface area contributed by atoms with Crippen molar-refractivity contribution in [1.82, 2.24) is 14.9 Å². The second-order valence-electron chi connectivity index (χ2n) is 7.16. The van der Waals surface area contributed by atoms with Crippen molar-refractivity contribution < 1.29 is 9.18 Å². The van der Waals surface area contributed by atoms with Crippen molar-refractivity contribution in [3.05, 3.63) is 65.4 Å². The number of hydrogen-bond donors (Lipinski definition) is 1. The molecule has 0 spiro atoms. The normalized spacial score (nSPS) is 17.2. The van der Waals surface area contributed by atoms with Crippen LogP contribution in [0, 0.1) is 18.7 Å². The molecule has 1 aromatic carbocycles. The fourth-order valence-corrected chi connectivity index (χ4v) is 3.92. The molecular formula is C21H22FN3O. The molecule has 4 nitrogen and oxygen atoms in total. The predicted molar refractivity (Wildman–Crippen MR) is 99.3 cm³/mol. The van der Waals surface area contributed by atoms with Gasteiger partial charge in [0.25, 0.3) is 0 Å². The van der Waals surface area contributed by atoms with Crippen LogP contribution in [0.25, 0.3) is 10.9 Å². The number of fused-ring (bicyclic) bond motifs is 1. The molecule has 1 atom stereocenters. The van der Waals surface area contributed by atoms with Gasteiger partial charge < -0.3 is 9.88 Å². The predicted octanol–water partition coefficient (Wildman–Crippen LogP) is 3.64. The third-order valence-electron chi connectivity index (χ3n) is 5.30. The highest BCUT2D eigenvalue weighted by Gasteiger charge is 2.27. The molecule has 3 heterocycles. The molecule has 1 saturated heterocycles. The number of pyridine rings is 1. The zero-order chi connectivity index (χ0) is 18.1. The summed E-state index contributed by atoms with van der Waals surface area (Å²) in [5.74, 6) is 0.319. The monoisotopic (exact) mass is 351 g/mol. The van der Waals surface area contributed by atoms with Crippen LogP contribution < -0.4 is 0 Å². The van der Waals surface area contributed by atoms with E-state index in [2.05, 4.69) is 16.0 Å². The Balaban J connectivity index is 1.44. The molecule has 26 heavy (non-hydrogen) atoms. The Morgan fingerprint density at radius 1 is 1.38 bits per heavy atom. The number of likely N-dealkylation sites (tertiary alicyclic amines) is 1. The molecule has 134 valence electrons. The van der Waals surface area contributed by atoms with Crippen LogP contribution in [0.5, 0.6) is 0 Å². The number of nitrogens with zero attached hydrogens (tertiary/aromatic N) is 2. The number of halogens is 1. The average Bonchev–Trinajstić information content (AvgIpc) is 3.21. The van der Waals surface area contributed by atoms with E-state index in [1.54, 1.807) is 12.3 Å². The number of aromatic amines is 1. The van der Waals surface area contributed by atoms with Crippen molar-refractivity contribution in [1.29, 1.82) is 0 Å². The molecule has 1 aliphatic rings. The number of H-pyrrole nitrogens is 1. The van der Waals surface area contributed by atoms with Crippen LogP contribution in [0.3, 0.4) is 0 Å². The van der Waals surface area contributed by atoms with E-state index < -0.39 is 0 Å². The Kier molecular flexibility index (Phi) is 4.45. The minimum absolute atomic E-state index is 0.118. The van der Waals surface area contributed by atoms with Gasteiger partial charge in [-0.15, -0.1) is 0 Å². The van der Waals surface area contributed by atoms with Crippen LogP contribution >= 0.6 is 0 Å². The van der Waals surface area contributed by atoms with Gasteiger partial charge in [0, 0.05) is 42.1 Å². The van der Waals surface area contributed by atoms with Crippen LogP contribution in [0.15, 0.2) is 42.7 Å². The number of aryl methyl sites for hydroxylation is 1. The Morgan fingerprint density at radius 2 is 2.27 bits per heavy atom. The van der Waals surface area contributed by atoms with E-state index in [0.29, 0.717) is 12.3 Å². The van der Waals surface area contributed by atoms with Crippen molar-refractivity contribution in [3.8, 4) is 0 Å². The van der Waals surface area contributed by atoms with Crippen molar-refractivity contribution in [3.63, 3.8) is 0 Å². The number of aromatic nitrogens is 2. The topological polar surface area (TPSA) is 49.0 Å². The highest BCUT2D eigenvalue weighted by Crippen LogP contribution is 2.26. The van der Waals surface area contributed by atoms with Crippen LogP contribution in [-0.4, -0.2) is 33.9 Å². The Bertz CT molecular complexity index is 935. The molecule has 2 aromatic heterocycles. The van der Waals surface area contributed by atoms with Crippen molar-refractivity contribution in [2.75, 3.05) is 13.1 Å². The lowest BCUT2D eigenvalue weighted by Crippen LogP contribution is -2.30. The molecule has 1 aliphatic heterocycles. The van der Waals surface area contributed by atoms with Crippen molar-refractivity contribution in [2.45, 2.75) is 26.2 Å². The minimum atomic E-state index is -0.275. The number of carbonyl (C=O) groups is 1. The van der Waals surface area contributed by atoms with E-state index in [9.17, 15) is 9.18 Å². The van der Waals surface area contributed by atoms with Gasteiger partial charge in [0.2, 0.25) is 5.91 Å². The van der Waals surface area contributed by atoms with Gasteiger partial charge >= 0.3 is 0 Å². The number of benzene rings is 1. The SMILES string of the molecule is Cc1[nH]c2ccc(F)cc2c1CC(=O)N1CCC(Cc2cccnc2)C1. The van der Waals surface area contributed by atoms with Gasteiger partial charge in [-0.2, -0.15) is 0 Å². The first-order valence-corrected chi connectivity index (χ1v) is 9.03. The minimum Gasteiger partial charge on any atom is -0.358 e.